The van der Waals surface area contributed by atoms with Crippen molar-refractivity contribution >= 4 is 28.9 Å². The van der Waals surface area contributed by atoms with Crippen molar-refractivity contribution in [3.8, 4) is 0 Å². The van der Waals surface area contributed by atoms with Gasteiger partial charge < -0.3 is 21.7 Å². The van der Waals surface area contributed by atoms with Gasteiger partial charge in [-0.1, -0.05) is 0 Å². The van der Waals surface area contributed by atoms with Crippen LogP contribution < -0.4 is 21.7 Å². The molecule has 0 radical (unpaired) electrons. The highest BCUT2D eigenvalue weighted by Gasteiger charge is 2.16. The van der Waals surface area contributed by atoms with E-state index in [1.165, 1.54) is 0 Å². The number of benzene rings is 1. The van der Waals surface area contributed by atoms with Crippen LogP contribution in [0.15, 0.2) is 12.1 Å². The molecular formula is C15H22N4O2. The zero-order chi connectivity index (χ0) is 15.4. The fourth-order valence-corrected chi connectivity index (χ4v) is 2.31. The molecule has 0 fully saturated rings. The molecule has 6 heteroatoms. The van der Waals surface area contributed by atoms with E-state index in [-0.39, 0.29) is 17.9 Å². The molecule has 1 aromatic rings. The minimum Gasteiger partial charge on any atom is -0.397 e. The van der Waals surface area contributed by atoms with Crippen LogP contribution >= 0.6 is 0 Å². The van der Waals surface area contributed by atoms with Gasteiger partial charge in [0.25, 0.3) is 0 Å². The lowest BCUT2D eigenvalue weighted by molar-refractivity contribution is -0.121. The fraction of sp³-hybridized carbons (Fsp3) is 0.467. The van der Waals surface area contributed by atoms with Crippen LogP contribution in [0.25, 0.3) is 0 Å². The molecule has 2 amide bonds. The summed E-state index contributed by atoms with van der Waals surface area (Å²) in [5, 5.41) is 8.82. The second-order valence-electron chi connectivity index (χ2n) is 5.54. The monoisotopic (exact) mass is 290 g/mol. The van der Waals surface area contributed by atoms with E-state index < -0.39 is 0 Å². The SMILES string of the molecule is CC(C)NC(=O)CCNc1cc2c(cc1N)CCC(=O)N2. The lowest BCUT2D eigenvalue weighted by Crippen LogP contribution is -2.31. The molecule has 1 aromatic carbocycles. The Morgan fingerprint density at radius 1 is 1.38 bits per heavy atom. The van der Waals surface area contributed by atoms with Gasteiger partial charge in [-0.15, -0.1) is 0 Å². The maximum Gasteiger partial charge on any atom is 0.224 e. The summed E-state index contributed by atoms with van der Waals surface area (Å²) in [6.45, 7) is 4.35. The number of hydrogen-bond donors (Lipinski definition) is 4. The molecule has 0 atom stereocenters. The lowest BCUT2D eigenvalue weighted by atomic mass is 10.0. The van der Waals surface area contributed by atoms with E-state index in [9.17, 15) is 9.59 Å². The van der Waals surface area contributed by atoms with Crippen molar-refractivity contribution in [3.05, 3.63) is 17.7 Å². The number of aryl methyl sites for hydroxylation is 1. The van der Waals surface area contributed by atoms with Crippen LogP contribution in [0.3, 0.4) is 0 Å². The number of nitrogen functional groups attached to an aromatic ring is 1. The van der Waals surface area contributed by atoms with E-state index in [2.05, 4.69) is 16.0 Å². The first kappa shape index (κ1) is 15.2. The summed E-state index contributed by atoms with van der Waals surface area (Å²) in [6, 6.07) is 3.86. The molecule has 1 aliphatic heterocycles. The molecule has 5 N–H and O–H groups in total. The van der Waals surface area contributed by atoms with E-state index in [4.69, 9.17) is 5.73 Å². The van der Waals surface area contributed by atoms with Crippen LogP contribution in [0.4, 0.5) is 17.1 Å². The van der Waals surface area contributed by atoms with Crippen LogP contribution in [0.2, 0.25) is 0 Å². The van der Waals surface area contributed by atoms with E-state index in [0.717, 1.165) is 16.9 Å². The summed E-state index contributed by atoms with van der Waals surface area (Å²) in [4.78, 5) is 23.0. The van der Waals surface area contributed by atoms with Gasteiger partial charge in [0.05, 0.1) is 11.4 Å². The van der Waals surface area contributed by atoms with Crippen LogP contribution in [0, 0.1) is 0 Å². The topological polar surface area (TPSA) is 96.2 Å². The number of carbonyl (C=O) groups is 2. The lowest BCUT2D eigenvalue weighted by Gasteiger charge is -2.20. The highest BCUT2D eigenvalue weighted by molar-refractivity contribution is 5.95. The van der Waals surface area contributed by atoms with E-state index in [1.807, 2.05) is 26.0 Å². The maximum absolute atomic E-state index is 11.6. The predicted octanol–water partition coefficient (Wildman–Crippen LogP) is 1.48. The number of amides is 2. The van der Waals surface area contributed by atoms with Crippen molar-refractivity contribution in [1.29, 1.82) is 0 Å². The predicted molar refractivity (Wildman–Crippen MR) is 84.2 cm³/mol. The van der Waals surface area contributed by atoms with Gasteiger partial charge in [0, 0.05) is 31.1 Å². The average molecular weight is 290 g/mol. The summed E-state index contributed by atoms with van der Waals surface area (Å²) < 4.78 is 0. The van der Waals surface area contributed by atoms with Crippen LogP contribution in [0.1, 0.15) is 32.3 Å². The molecule has 0 saturated heterocycles. The molecule has 1 aliphatic rings. The van der Waals surface area contributed by atoms with Gasteiger partial charge in [0.1, 0.15) is 0 Å². The number of nitrogens with one attached hydrogen (secondary N) is 3. The smallest absolute Gasteiger partial charge is 0.224 e. The Balaban J connectivity index is 1.96. The Kier molecular flexibility index (Phi) is 4.67. The molecule has 0 spiro atoms. The number of anilines is 3. The maximum atomic E-state index is 11.6. The van der Waals surface area contributed by atoms with Crippen molar-refractivity contribution < 1.29 is 9.59 Å². The first-order valence-electron chi connectivity index (χ1n) is 7.21. The molecular weight excluding hydrogens is 268 g/mol. The molecule has 0 bridgehead atoms. The third-order valence-corrected chi connectivity index (χ3v) is 3.29. The second kappa shape index (κ2) is 6.47. The Bertz CT molecular complexity index is 555. The van der Waals surface area contributed by atoms with Gasteiger partial charge in [-0.3, -0.25) is 9.59 Å². The minimum atomic E-state index is 0.00216. The van der Waals surface area contributed by atoms with Gasteiger partial charge >= 0.3 is 0 Å². The first-order chi connectivity index (χ1) is 9.95. The van der Waals surface area contributed by atoms with Crippen LogP contribution in [-0.4, -0.2) is 24.4 Å². The van der Waals surface area contributed by atoms with Crippen LogP contribution in [0.5, 0.6) is 0 Å². The number of rotatable bonds is 5. The van der Waals surface area contributed by atoms with Crippen molar-refractivity contribution in [2.45, 2.75) is 39.2 Å². The first-order valence-corrected chi connectivity index (χ1v) is 7.21. The number of fused-ring (bicyclic) bond motifs is 1. The van der Waals surface area contributed by atoms with Crippen molar-refractivity contribution in [2.75, 3.05) is 22.9 Å². The molecule has 0 saturated carbocycles. The summed E-state index contributed by atoms with van der Waals surface area (Å²) in [5.41, 5.74) is 9.23. The zero-order valence-electron chi connectivity index (χ0n) is 12.5. The van der Waals surface area contributed by atoms with Gasteiger partial charge in [-0.25, -0.2) is 0 Å². The molecule has 0 aromatic heterocycles. The third kappa shape index (κ3) is 4.11. The van der Waals surface area contributed by atoms with Gasteiger partial charge in [-0.05, 0) is 38.0 Å². The Labute approximate surface area is 124 Å². The molecule has 0 unspecified atom stereocenters. The molecule has 0 aliphatic carbocycles. The Morgan fingerprint density at radius 3 is 2.86 bits per heavy atom. The Morgan fingerprint density at radius 2 is 2.14 bits per heavy atom. The van der Waals surface area contributed by atoms with Crippen LogP contribution in [-0.2, 0) is 16.0 Å². The average Bonchev–Trinajstić information content (AvgIpc) is 2.39. The van der Waals surface area contributed by atoms with Crippen molar-refractivity contribution in [1.82, 2.24) is 5.32 Å². The fourth-order valence-electron chi connectivity index (χ4n) is 2.31. The van der Waals surface area contributed by atoms with Gasteiger partial charge in [0.15, 0.2) is 0 Å². The minimum absolute atomic E-state index is 0.00216. The molecule has 1 heterocycles. The standard InChI is InChI=1S/C15H22N4O2/c1-9(2)18-15(21)5-6-17-13-8-12-10(7-11(13)16)3-4-14(20)19-12/h7-9,17H,3-6,16H2,1-2H3,(H,18,21)(H,19,20). The molecule has 114 valence electrons. The molecule has 2 rings (SSSR count). The van der Waals surface area contributed by atoms with Gasteiger partial charge in [0.2, 0.25) is 11.8 Å². The summed E-state index contributed by atoms with van der Waals surface area (Å²) in [5.74, 6) is 0.0249. The number of nitrogens with two attached hydrogens (primary N) is 1. The van der Waals surface area contributed by atoms with Crippen molar-refractivity contribution in [2.24, 2.45) is 0 Å². The Hall–Kier alpha value is -2.24. The molecule has 21 heavy (non-hydrogen) atoms. The summed E-state index contributed by atoms with van der Waals surface area (Å²) in [7, 11) is 0. The number of hydrogen-bond acceptors (Lipinski definition) is 4. The second-order valence-corrected chi connectivity index (χ2v) is 5.54. The largest absolute Gasteiger partial charge is 0.397 e. The zero-order valence-corrected chi connectivity index (χ0v) is 12.5. The van der Waals surface area contributed by atoms with E-state index in [0.29, 0.717) is 31.5 Å². The molecule has 6 nitrogen and oxygen atoms in total. The summed E-state index contributed by atoms with van der Waals surface area (Å²) >= 11 is 0. The normalized spacial score (nSPS) is 13.6. The highest BCUT2D eigenvalue weighted by Crippen LogP contribution is 2.30. The highest BCUT2D eigenvalue weighted by atomic mass is 16.2. The van der Waals surface area contributed by atoms with E-state index in [1.54, 1.807) is 0 Å². The van der Waals surface area contributed by atoms with Crippen molar-refractivity contribution in [3.63, 3.8) is 0 Å². The number of carbonyl (C=O) groups excluding carboxylic acids is 2. The summed E-state index contributed by atoms with van der Waals surface area (Å²) in [6.07, 6.45) is 1.58. The quantitative estimate of drug-likeness (QED) is 0.618. The van der Waals surface area contributed by atoms with Gasteiger partial charge in [-0.2, -0.15) is 0 Å². The van der Waals surface area contributed by atoms with E-state index >= 15 is 0 Å². The third-order valence-electron chi connectivity index (χ3n) is 3.29.